The Bertz CT molecular complexity index is 512. The summed E-state index contributed by atoms with van der Waals surface area (Å²) in [6.45, 7) is 0. The van der Waals surface area contributed by atoms with Crippen LogP contribution in [0.3, 0.4) is 0 Å². The van der Waals surface area contributed by atoms with Gasteiger partial charge in [0, 0.05) is 10.6 Å². The maximum Gasteiger partial charge on any atom is 0.123 e. The Morgan fingerprint density at radius 1 is 1.19 bits per heavy atom. The van der Waals surface area contributed by atoms with E-state index in [1.807, 2.05) is 0 Å². The van der Waals surface area contributed by atoms with Crippen molar-refractivity contribution >= 4 is 34.5 Å². The number of rotatable bonds is 2. The van der Waals surface area contributed by atoms with Crippen molar-refractivity contribution in [1.29, 1.82) is 0 Å². The van der Waals surface area contributed by atoms with E-state index in [0.717, 1.165) is 0 Å². The van der Waals surface area contributed by atoms with Crippen molar-refractivity contribution < 1.29 is 9.50 Å². The minimum Gasteiger partial charge on any atom is -0.383 e. The Hall–Kier alpha value is -0.610. The Balaban J connectivity index is 2.45. The third-order valence-electron chi connectivity index (χ3n) is 2.15. The van der Waals surface area contributed by atoms with Crippen LogP contribution in [0.25, 0.3) is 0 Å². The molecule has 0 saturated heterocycles. The van der Waals surface area contributed by atoms with Crippen molar-refractivity contribution in [2.45, 2.75) is 6.10 Å². The Kier molecular flexibility index (Phi) is 3.50. The average Bonchev–Trinajstić information content (AvgIpc) is 2.67. The second-order valence-electron chi connectivity index (χ2n) is 3.20. The molecule has 1 aromatic heterocycles. The summed E-state index contributed by atoms with van der Waals surface area (Å²) in [5.74, 6) is -0.439. The normalized spacial score (nSPS) is 12.8. The number of hydrogen-bond acceptors (Lipinski definition) is 2. The summed E-state index contributed by atoms with van der Waals surface area (Å²) >= 11 is 13.1. The average molecular weight is 277 g/mol. The lowest BCUT2D eigenvalue weighted by molar-refractivity contribution is 0.224. The van der Waals surface area contributed by atoms with Crippen LogP contribution in [-0.4, -0.2) is 5.11 Å². The topological polar surface area (TPSA) is 20.2 Å². The summed E-state index contributed by atoms with van der Waals surface area (Å²) < 4.78 is 13.1. The van der Waals surface area contributed by atoms with Gasteiger partial charge in [-0.05, 0) is 29.6 Å². The summed E-state index contributed by atoms with van der Waals surface area (Å²) in [6.07, 6.45) is -0.990. The van der Waals surface area contributed by atoms with E-state index in [9.17, 15) is 9.50 Å². The highest BCUT2D eigenvalue weighted by Gasteiger charge is 2.18. The molecule has 0 fully saturated rings. The van der Waals surface area contributed by atoms with Gasteiger partial charge in [-0.1, -0.05) is 23.2 Å². The number of halogens is 3. The summed E-state index contributed by atoms with van der Waals surface area (Å²) in [4.78, 5) is 0.564. The second kappa shape index (κ2) is 4.72. The lowest BCUT2D eigenvalue weighted by atomic mass is 10.1. The fourth-order valence-electron chi connectivity index (χ4n) is 1.37. The molecule has 2 aromatic rings. The molecule has 1 nitrogen and oxygen atoms in total. The Labute approximate surface area is 106 Å². The van der Waals surface area contributed by atoms with Crippen LogP contribution in [0, 0.1) is 5.82 Å². The van der Waals surface area contributed by atoms with Gasteiger partial charge in [0.1, 0.15) is 11.9 Å². The van der Waals surface area contributed by atoms with E-state index in [1.165, 1.54) is 29.5 Å². The van der Waals surface area contributed by atoms with E-state index < -0.39 is 11.9 Å². The highest BCUT2D eigenvalue weighted by molar-refractivity contribution is 7.10. The van der Waals surface area contributed by atoms with Gasteiger partial charge < -0.3 is 5.11 Å². The van der Waals surface area contributed by atoms with E-state index >= 15 is 0 Å². The largest absolute Gasteiger partial charge is 0.383 e. The minimum atomic E-state index is -0.990. The third-order valence-corrected chi connectivity index (χ3v) is 3.90. The molecule has 0 aliphatic rings. The van der Waals surface area contributed by atoms with Gasteiger partial charge in [0.2, 0.25) is 0 Å². The van der Waals surface area contributed by atoms with Gasteiger partial charge in [0.05, 0.1) is 9.90 Å². The number of hydrogen-bond donors (Lipinski definition) is 1. The van der Waals surface area contributed by atoms with Crippen molar-refractivity contribution in [3.63, 3.8) is 0 Å². The molecule has 0 amide bonds. The van der Waals surface area contributed by atoms with Crippen LogP contribution in [0.1, 0.15) is 16.5 Å². The van der Waals surface area contributed by atoms with Crippen LogP contribution in [-0.2, 0) is 0 Å². The third kappa shape index (κ3) is 2.23. The first kappa shape index (κ1) is 11.9. The molecule has 1 aromatic carbocycles. The molecule has 1 N–H and O–H groups in total. The highest BCUT2D eigenvalue weighted by atomic mass is 35.5. The number of benzene rings is 1. The van der Waals surface area contributed by atoms with Crippen LogP contribution in [0.15, 0.2) is 29.6 Å². The van der Waals surface area contributed by atoms with E-state index in [1.54, 1.807) is 11.4 Å². The molecular weight excluding hydrogens is 270 g/mol. The number of aliphatic hydroxyl groups is 1. The van der Waals surface area contributed by atoms with Crippen molar-refractivity contribution in [2.24, 2.45) is 0 Å². The smallest absolute Gasteiger partial charge is 0.123 e. The van der Waals surface area contributed by atoms with Gasteiger partial charge in [-0.3, -0.25) is 0 Å². The fourth-order valence-corrected chi connectivity index (χ4v) is 2.75. The molecule has 1 unspecified atom stereocenters. The lowest BCUT2D eigenvalue weighted by Gasteiger charge is -2.11. The van der Waals surface area contributed by atoms with E-state index in [-0.39, 0.29) is 0 Å². The van der Waals surface area contributed by atoms with Gasteiger partial charge in [-0.25, -0.2) is 4.39 Å². The fraction of sp³-hybridized carbons (Fsp3) is 0.0909. The van der Waals surface area contributed by atoms with Crippen LogP contribution < -0.4 is 0 Å². The number of thiophene rings is 1. The molecule has 84 valence electrons. The molecule has 0 saturated carbocycles. The highest BCUT2D eigenvalue weighted by Crippen LogP contribution is 2.35. The minimum absolute atomic E-state index is 0.318. The zero-order chi connectivity index (χ0) is 11.7. The van der Waals surface area contributed by atoms with Gasteiger partial charge >= 0.3 is 0 Å². The van der Waals surface area contributed by atoms with Crippen molar-refractivity contribution in [3.05, 3.63) is 55.9 Å². The number of aliphatic hydroxyl groups excluding tert-OH is 1. The first-order valence-electron chi connectivity index (χ1n) is 4.45. The van der Waals surface area contributed by atoms with Crippen LogP contribution in [0.5, 0.6) is 0 Å². The maximum atomic E-state index is 13.1. The predicted octanol–water partition coefficient (Wildman–Crippen LogP) is 4.28. The van der Waals surface area contributed by atoms with Crippen LogP contribution in [0.4, 0.5) is 4.39 Å². The van der Waals surface area contributed by atoms with Gasteiger partial charge in [0.15, 0.2) is 0 Å². The van der Waals surface area contributed by atoms with Gasteiger partial charge in [0.25, 0.3) is 0 Å². The summed E-state index contributed by atoms with van der Waals surface area (Å²) in [5, 5.41) is 12.6. The van der Waals surface area contributed by atoms with Crippen molar-refractivity contribution in [2.75, 3.05) is 0 Å². The molecule has 0 bridgehead atoms. The molecule has 5 heteroatoms. The molecule has 2 rings (SSSR count). The predicted molar refractivity (Wildman–Crippen MR) is 64.8 cm³/mol. The lowest BCUT2D eigenvalue weighted by Crippen LogP contribution is -1.99. The maximum absolute atomic E-state index is 13.1. The zero-order valence-corrected chi connectivity index (χ0v) is 10.3. The Morgan fingerprint density at radius 2 is 1.94 bits per heavy atom. The molecule has 16 heavy (non-hydrogen) atoms. The Morgan fingerprint density at radius 3 is 2.56 bits per heavy atom. The van der Waals surface area contributed by atoms with E-state index in [2.05, 4.69) is 0 Å². The summed E-state index contributed by atoms with van der Waals surface area (Å²) in [7, 11) is 0. The van der Waals surface area contributed by atoms with Crippen LogP contribution >= 0.6 is 34.5 Å². The monoisotopic (exact) mass is 276 g/mol. The van der Waals surface area contributed by atoms with Gasteiger partial charge in [-0.2, -0.15) is 0 Å². The van der Waals surface area contributed by atoms with Crippen molar-refractivity contribution in [1.82, 2.24) is 0 Å². The molecule has 0 radical (unpaired) electrons. The standard InChI is InChI=1S/C11H7Cl2FOS/c12-8-2-1-6(14)5-7(8)10(15)11-9(13)3-4-16-11/h1-5,10,15H. The quantitative estimate of drug-likeness (QED) is 0.868. The molecule has 0 aliphatic carbocycles. The zero-order valence-electron chi connectivity index (χ0n) is 7.95. The molecule has 0 aliphatic heterocycles. The van der Waals surface area contributed by atoms with Gasteiger partial charge in [-0.15, -0.1) is 11.3 Å². The first-order valence-corrected chi connectivity index (χ1v) is 6.09. The van der Waals surface area contributed by atoms with Crippen LogP contribution in [0.2, 0.25) is 10.0 Å². The SMILES string of the molecule is OC(c1cc(F)ccc1Cl)c1sccc1Cl. The second-order valence-corrected chi connectivity index (χ2v) is 4.96. The molecule has 1 atom stereocenters. The van der Waals surface area contributed by atoms with E-state index in [4.69, 9.17) is 23.2 Å². The molecule has 0 spiro atoms. The summed E-state index contributed by atoms with van der Waals surface area (Å²) in [5.41, 5.74) is 0.325. The molecular formula is C11H7Cl2FOS. The molecule has 1 heterocycles. The van der Waals surface area contributed by atoms with E-state index in [0.29, 0.717) is 20.5 Å². The summed E-state index contributed by atoms with van der Waals surface area (Å²) in [6, 6.07) is 5.55. The van der Waals surface area contributed by atoms with Crippen molar-refractivity contribution in [3.8, 4) is 0 Å². The first-order chi connectivity index (χ1) is 7.59.